The third-order valence-corrected chi connectivity index (χ3v) is 39.0. The number of rotatable bonds is 2. The number of benzene rings is 2. The summed E-state index contributed by atoms with van der Waals surface area (Å²) in [5.74, 6) is 4.46. The second-order valence-electron chi connectivity index (χ2n) is 6.95. The van der Waals surface area contributed by atoms with Gasteiger partial charge in [-0.2, -0.15) is 12.1 Å². The molecule has 0 saturated carbocycles. The van der Waals surface area contributed by atoms with Gasteiger partial charge in [-0.3, -0.25) is 0 Å². The maximum atomic E-state index is 5.65. The van der Waals surface area contributed by atoms with Crippen molar-refractivity contribution in [3.05, 3.63) is 83.9 Å². The SMILES string of the molecule is CCc1cc2ccccc2[cH-]1.CCc1cc2ccccc2[cH-]1.[CH3][Ge]([CH3])=[Zr]([Cl])[Cl]. The van der Waals surface area contributed by atoms with E-state index in [1.807, 2.05) is 0 Å². The third kappa shape index (κ3) is 7.49. The van der Waals surface area contributed by atoms with Gasteiger partial charge < -0.3 is 0 Å². The quantitative estimate of drug-likeness (QED) is 0.173. The Morgan fingerprint density at radius 1 is 0.750 bits per heavy atom. The molecule has 0 amide bonds. The van der Waals surface area contributed by atoms with Crippen molar-refractivity contribution in [3.63, 3.8) is 0 Å². The standard InChI is InChI=1S/2C11H11.C2H6Ge.2ClH.Zr/c2*1-2-9-7-10-5-3-4-6-11(10)8-9;1-3-2;;;/h2*3-8H,2H2,1H3;1-2H3;2*1H;/q2*-1;;;;+2/p-2. The molecule has 0 unspecified atom stereocenters. The zero-order valence-electron chi connectivity index (χ0n) is 17.1. The summed E-state index contributed by atoms with van der Waals surface area (Å²) >= 11 is -1.59. The molecule has 4 aromatic rings. The first kappa shape index (κ1) is 23.9. The first-order valence-corrected chi connectivity index (χ1v) is 27.7. The minimum atomic E-state index is -1.59. The van der Waals surface area contributed by atoms with Gasteiger partial charge in [0.25, 0.3) is 0 Å². The number of fused-ring (bicyclic) bond motifs is 2. The molecule has 4 aromatic carbocycles. The van der Waals surface area contributed by atoms with Crippen LogP contribution in [0.15, 0.2) is 72.8 Å². The molecular weight excluding hydrogens is 523 g/mol. The molecule has 0 nitrogen and oxygen atoms in total. The van der Waals surface area contributed by atoms with Crippen molar-refractivity contribution in [2.45, 2.75) is 38.2 Å². The molecule has 0 saturated heterocycles. The van der Waals surface area contributed by atoms with Gasteiger partial charge in [0.1, 0.15) is 0 Å². The molecule has 0 aliphatic rings. The van der Waals surface area contributed by atoms with Gasteiger partial charge in [-0.1, -0.05) is 26.0 Å². The number of halogens is 2. The Labute approximate surface area is 185 Å². The van der Waals surface area contributed by atoms with E-state index in [4.69, 9.17) is 17.0 Å². The molecule has 0 atom stereocenters. The van der Waals surface area contributed by atoms with E-state index in [1.54, 1.807) is 0 Å². The van der Waals surface area contributed by atoms with E-state index in [0.717, 1.165) is 12.8 Å². The monoisotopic (exact) mass is 550 g/mol. The Hall–Kier alpha value is -0.334. The van der Waals surface area contributed by atoms with Crippen molar-refractivity contribution < 1.29 is 16.2 Å². The Morgan fingerprint density at radius 2 is 1.11 bits per heavy atom. The van der Waals surface area contributed by atoms with Crippen molar-refractivity contribution in [2.24, 2.45) is 0 Å². The molecule has 28 heavy (non-hydrogen) atoms. The van der Waals surface area contributed by atoms with Crippen LogP contribution in [0, 0.1) is 0 Å². The van der Waals surface area contributed by atoms with Crippen molar-refractivity contribution >= 4 is 48.5 Å². The molecule has 0 aromatic heterocycles. The van der Waals surface area contributed by atoms with Crippen LogP contribution in [-0.4, -0.2) is 9.98 Å². The number of aryl methyl sites for hydroxylation is 2. The zero-order valence-corrected chi connectivity index (χ0v) is 23.2. The first-order chi connectivity index (χ1) is 13.4. The summed E-state index contributed by atoms with van der Waals surface area (Å²) in [4.78, 5) is 0. The first-order valence-electron chi connectivity index (χ1n) is 9.71. The van der Waals surface area contributed by atoms with Crippen LogP contribution in [-0.2, 0) is 29.1 Å². The van der Waals surface area contributed by atoms with E-state index in [9.17, 15) is 0 Å². The van der Waals surface area contributed by atoms with Gasteiger partial charge in [0, 0.05) is 0 Å². The van der Waals surface area contributed by atoms with E-state index < -0.39 is 26.2 Å². The molecule has 148 valence electrons. The van der Waals surface area contributed by atoms with Gasteiger partial charge in [-0.05, 0) is 12.8 Å². The van der Waals surface area contributed by atoms with Crippen LogP contribution in [0.5, 0.6) is 0 Å². The summed E-state index contributed by atoms with van der Waals surface area (Å²) in [6, 6.07) is 26.0. The molecule has 4 heteroatoms. The molecule has 0 N–H and O–H groups in total. The van der Waals surface area contributed by atoms with Gasteiger partial charge in [0.15, 0.2) is 0 Å². The fourth-order valence-electron chi connectivity index (χ4n) is 2.84. The van der Waals surface area contributed by atoms with Crippen LogP contribution >= 0.6 is 17.0 Å². The maximum absolute atomic E-state index is 5.65. The molecule has 0 aliphatic carbocycles. The normalized spacial score (nSPS) is 10.1. The van der Waals surface area contributed by atoms with E-state index in [1.165, 1.54) is 32.7 Å². The van der Waals surface area contributed by atoms with Gasteiger partial charge in [-0.25, -0.2) is 0 Å². The molecular formula is C24H28Cl2GeZr-2. The Morgan fingerprint density at radius 3 is 1.39 bits per heavy atom. The number of hydrogen-bond donors (Lipinski definition) is 0. The van der Waals surface area contributed by atoms with E-state index in [-0.39, 0.29) is 0 Å². The van der Waals surface area contributed by atoms with Crippen molar-refractivity contribution in [2.75, 3.05) is 0 Å². The van der Waals surface area contributed by atoms with Crippen LogP contribution in [0.4, 0.5) is 0 Å². The fraction of sp³-hybridized carbons (Fsp3) is 0.250. The van der Waals surface area contributed by atoms with Crippen LogP contribution < -0.4 is 0 Å². The summed E-state index contributed by atoms with van der Waals surface area (Å²) in [6.07, 6.45) is 2.27. The second-order valence-corrected chi connectivity index (χ2v) is 44.9. The summed E-state index contributed by atoms with van der Waals surface area (Å²) in [6.45, 7) is 4.38. The van der Waals surface area contributed by atoms with Gasteiger partial charge in [0.2, 0.25) is 0 Å². The molecule has 0 bridgehead atoms. The summed E-state index contributed by atoms with van der Waals surface area (Å²) < 4.78 is 0. The van der Waals surface area contributed by atoms with Gasteiger partial charge >= 0.3 is 54.8 Å². The summed E-state index contributed by atoms with van der Waals surface area (Å²) in [5, 5.41) is 5.46. The molecule has 0 fully saturated rings. The summed E-state index contributed by atoms with van der Waals surface area (Å²) in [7, 11) is 10.6. The van der Waals surface area contributed by atoms with Crippen LogP contribution in [0.1, 0.15) is 25.0 Å². The topological polar surface area (TPSA) is 0 Å². The third-order valence-electron chi connectivity index (χ3n) is 4.55. The van der Waals surface area contributed by atoms with Crippen molar-refractivity contribution in [1.29, 1.82) is 0 Å². The minimum absolute atomic E-state index is 0.735. The molecule has 0 aliphatic heterocycles. The van der Waals surface area contributed by atoms with Crippen LogP contribution in [0.2, 0.25) is 11.5 Å². The van der Waals surface area contributed by atoms with Crippen LogP contribution in [0.25, 0.3) is 21.5 Å². The van der Waals surface area contributed by atoms with Crippen LogP contribution in [0.3, 0.4) is 0 Å². The Kier molecular flexibility index (Phi) is 10.6. The van der Waals surface area contributed by atoms with E-state index in [0.29, 0.717) is 0 Å². The average molecular weight is 551 g/mol. The van der Waals surface area contributed by atoms with E-state index >= 15 is 0 Å². The molecule has 4 rings (SSSR count). The van der Waals surface area contributed by atoms with E-state index in [2.05, 4.69) is 98.2 Å². The molecule has 0 heterocycles. The predicted molar refractivity (Wildman–Crippen MR) is 127 cm³/mol. The van der Waals surface area contributed by atoms with Crippen molar-refractivity contribution in [3.8, 4) is 0 Å². The molecule has 0 radical (unpaired) electrons. The summed E-state index contributed by atoms with van der Waals surface area (Å²) in [5.41, 5.74) is 2.87. The molecule has 0 spiro atoms. The van der Waals surface area contributed by atoms with Gasteiger partial charge in [0.05, 0.1) is 0 Å². The second kappa shape index (κ2) is 12.4. The van der Waals surface area contributed by atoms with Crippen molar-refractivity contribution in [1.82, 2.24) is 0 Å². The Balaban J connectivity index is 0.000000158. The zero-order chi connectivity index (χ0) is 20.5. The Bertz CT molecular complexity index is 885. The average Bonchev–Trinajstić information content (AvgIpc) is 3.32. The fourth-order valence-corrected chi connectivity index (χ4v) is 2.84. The number of hydrogen-bond acceptors (Lipinski definition) is 0. The van der Waals surface area contributed by atoms with Gasteiger partial charge in [-0.15, -0.1) is 81.2 Å². The predicted octanol–water partition coefficient (Wildman–Crippen LogP) is 8.41.